The molecule has 0 bridgehead atoms. The zero-order chi connectivity index (χ0) is 9.84. The average molecular weight is 281 g/mol. The van der Waals surface area contributed by atoms with Crippen molar-refractivity contribution in [3.8, 4) is 0 Å². The molecule has 0 saturated heterocycles. The van der Waals surface area contributed by atoms with Gasteiger partial charge >= 0.3 is 0 Å². The highest BCUT2D eigenvalue weighted by Gasteiger charge is 2.06. The zero-order valence-electron chi connectivity index (χ0n) is 7.31. The van der Waals surface area contributed by atoms with Gasteiger partial charge in [0.1, 0.15) is 0 Å². The summed E-state index contributed by atoms with van der Waals surface area (Å²) in [4.78, 5) is 0. The number of nitrogens with one attached hydrogen (secondary N) is 1. The summed E-state index contributed by atoms with van der Waals surface area (Å²) in [6.07, 6.45) is 0. The Morgan fingerprint density at radius 3 is 3.00 bits per heavy atom. The Hall–Kier alpha value is 0.170. The van der Waals surface area contributed by atoms with Crippen LogP contribution in [0.3, 0.4) is 0 Å². The second kappa shape index (κ2) is 5.15. The molecule has 1 aromatic rings. The standard InChI is InChI=1S/C9H11BrClNS/c1-6(10)4-12-7(2)8-3-9(11)13-5-8/h3,5,7,12H,1,4H2,2H3. The summed E-state index contributed by atoms with van der Waals surface area (Å²) < 4.78 is 1.79. The Bertz CT molecular complexity index is 298. The Morgan fingerprint density at radius 2 is 2.54 bits per heavy atom. The molecule has 1 heterocycles. The Balaban J connectivity index is 2.48. The number of halogens is 2. The first-order valence-corrected chi connectivity index (χ1v) is 5.95. The van der Waals surface area contributed by atoms with E-state index in [0.717, 1.165) is 15.4 Å². The van der Waals surface area contributed by atoms with Crippen molar-refractivity contribution in [1.82, 2.24) is 5.32 Å². The second-order valence-corrected chi connectivity index (χ2v) is 5.47. The molecule has 0 fully saturated rings. The Labute approximate surface area is 95.9 Å². The fourth-order valence-electron chi connectivity index (χ4n) is 0.932. The molecule has 0 saturated carbocycles. The molecular formula is C9H11BrClNS. The van der Waals surface area contributed by atoms with Crippen molar-refractivity contribution in [3.05, 3.63) is 32.4 Å². The molecule has 0 amide bonds. The topological polar surface area (TPSA) is 12.0 Å². The van der Waals surface area contributed by atoms with Crippen LogP contribution in [0, 0.1) is 0 Å². The smallest absolute Gasteiger partial charge is 0.0931 e. The lowest BCUT2D eigenvalue weighted by atomic mass is 10.2. The summed E-state index contributed by atoms with van der Waals surface area (Å²) in [6, 6.07) is 2.30. The Kier molecular flexibility index (Phi) is 4.46. The van der Waals surface area contributed by atoms with Crippen LogP contribution in [0.25, 0.3) is 0 Å². The van der Waals surface area contributed by atoms with Crippen molar-refractivity contribution in [3.63, 3.8) is 0 Å². The van der Waals surface area contributed by atoms with Crippen LogP contribution in [-0.2, 0) is 0 Å². The van der Waals surface area contributed by atoms with Crippen LogP contribution in [0.15, 0.2) is 22.5 Å². The lowest BCUT2D eigenvalue weighted by molar-refractivity contribution is 0.618. The van der Waals surface area contributed by atoms with Gasteiger partial charge in [-0.15, -0.1) is 11.3 Å². The molecule has 4 heteroatoms. The van der Waals surface area contributed by atoms with Gasteiger partial charge in [0.05, 0.1) is 4.34 Å². The SMILES string of the molecule is C=C(Br)CNC(C)c1csc(Cl)c1. The van der Waals surface area contributed by atoms with E-state index in [0.29, 0.717) is 6.04 Å². The van der Waals surface area contributed by atoms with Gasteiger partial charge in [-0.25, -0.2) is 0 Å². The summed E-state index contributed by atoms with van der Waals surface area (Å²) in [7, 11) is 0. The van der Waals surface area contributed by atoms with E-state index in [1.54, 1.807) is 11.3 Å². The summed E-state index contributed by atoms with van der Waals surface area (Å²) in [5.41, 5.74) is 1.23. The second-order valence-electron chi connectivity index (χ2n) is 2.80. The van der Waals surface area contributed by atoms with Crippen LogP contribution in [0.2, 0.25) is 4.34 Å². The minimum Gasteiger partial charge on any atom is -0.306 e. The van der Waals surface area contributed by atoms with Crippen molar-refractivity contribution in [2.45, 2.75) is 13.0 Å². The largest absolute Gasteiger partial charge is 0.306 e. The van der Waals surface area contributed by atoms with Gasteiger partial charge < -0.3 is 5.32 Å². The van der Waals surface area contributed by atoms with E-state index in [1.807, 2.05) is 6.07 Å². The normalized spacial score (nSPS) is 12.8. The third kappa shape index (κ3) is 3.81. The maximum absolute atomic E-state index is 5.83. The molecule has 1 unspecified atom stereocenters. The van der Waals surface area contributed by atoms with Gasteiger partial charge in [0.25, 0.3) is 0 Å². The summed E-state index contributed by atoms with van der Waals surface area (Å²) in [5, 5.41) is 5.38. The molecule has 0 aromatic carbocycles. The van der Waals surface area contributed by atoms with Crippen molar-refractivity contribution in [1.29, 1.82) is 0 Å². The fraction of sp³-hybridized carbons (Fsp3) is 0.333. The van der Waals surface area contributed by atoms with E-state index in [4.69, 9.17) is 11.6 Å². The minimum absolute atomic E-state index is 0.318. The van der Waals surface area contributed by atoms with E-state index in [2.05, 4.69) is 40.1 Å². The van der Waals surface area contributed by atoms with E-state index in [9.17, 15) is 0 Å². The highest BCUT2D eigenvalue weighted by molar-refractivity contribution is 9.11. The molecule has 0 spiro atoms. The maximum Gasteiger partial charge on any atom is 0.0931 e. The molecule has 1 rings (SSSR count). The van der Waals surface area contributed by atoms with Crippen LogP contribution in [-0.4, -0.2) is 6.54 Å². The number of hydrogen-bond donors (Lipinski definition) is 1. The number of rotatable bonds is 4. The van der Waals surface area contributed by atoms with Gasteiger partial charge in [0.15, 0.2) is 0 Å². The van der Waals surface area contributed by atoms with E-state index in [1.165, 1.54) is 5.56 Å². The molecule has 0 aliphatic carbocycles. The molecule has 1 atom stereocenters. The van der Waals surface area contributed by atoms with Crippen molar-refractivity contribution in [2.75, 3.05) is 6.54 Å². The molecule has 1 nitrogen and oxygen atoms in total. The predicted octanol–water partition coefficient (Wildman–Crippen LogP) is 3.96. The third-order valence-electron chi connectivity index (χ3n) is 1.69. The predicted molar refractivity (Wildman–Crippen MR) is 63.8 cm³/mol. The lowest BCUT2D eigenvalue weighted by Gasteiger charge is -2.11. The molecule has 72 valence electrons. The van der Waals surface area contributed by atoms with Gasteiger partial charge in [-0.3, -0.25) is 0 Å². The summed E-state index contributed by atoms with van der Waals surface area (Å²) >= 11 is 10.7. The van der Waals surface area contributed by atoms with Gasteiger partial charge in [-0.1, -0.05) is 34.1 Å². The first-order chi connectivity index (χ1) is 6.09. The monoisotopic (exact) mass is 279 g/mol. The highest BCUT2D eigenvalue weighted by Crippen LogP contribution is 2.24. The fourth-order valence-corrected chi connectivity index (χ4v) is 2.08. The van der Waals surface area contributed by atoms with Crippen LogP contribution >= 0.6 is 38.9 Å². The van der Waals surface area contributed by atoms with Crippen LogP contribution in [0.1, 0.15) is 18.5 Å². The Morgan fingerprint density at radius 1 is 1.85 bits per heavy atom. The van der Waals surface area contributed by atoms with Crippen molar-refractivity contribution >= 4 is 38.9 Å². The first-order valence-electron chi connectivity index (χ1n) is 3.90. The van der Waals surface area contributed by atoms with E-state index in [-0.39, 0.29) is 0 Å². The molecule has 0 aliphatic rings. The third-order valence-corrected chi connectivity index (χ3v) is 3.08. The van der Waals surface area contributed by atoms with Crippen molar-refractivity contribution < 1.29 is 0 Å². The quantitative estimate of drug-likeness (QED) is 0.880. The van der Waals surface area contributed by atoms with Gasteiger partial charge in [-0.05, 0) is 23.9 Å². The van der Waals surface area contributed by atoms with Gasteiger partial charge in [0, 0.05) is 17.1 Å². The lowest BCUT2D eigenvalue weighted by Crippen LogP contribution is -2.19. The van der Waals surface area contributed by atoms with Gasteiger partial charge in [-0.2, -0.15) is 0 Å². The average Bonchev–Trinajstić information content (AvgIpc) is 2.47. The van der Waals surface area contributed by atoms with E-state index < -0.39 is 0 Å². The van der Waals surface area contributed by atoms with Crippen LogP contribution < -0.4 is 5.32 Å². The van der Waals surface area contributed by atoms with Gasteiger partial charge in [0.2, 0.25) is 0 Å². The molecule has 0 radical (unpaired) electrons. The molecule has 13 heavy (non-hydrogen) atoms. The molecule has 1 aromatic heterocycles. The van der Waals surface area contributed by atoms with Crippen LogP contribution in [0.4, 0.5) is 0 Å². The van der Waals surface area contributed by atoms with E-state index >= 15 is 0 Å². The zero-order valence-corrected chi connectivity index (χ0v) is 10.5. The summed E-state index contributed by atoms with van der Waals surface area (Å²) in [5.74, 6) is 0. The first kappa shape index (κ1) is 11.2. The summed E-state index contributed by atoms with van der Waals surface area (Å²) in [6.45, 7) is 6.63. The van der Waals surface area contributed by atoms with Crippen LogP contribution in [0.5, 0.6) is 0 Å². The minimum atomic E-state index is 0.318. The molecule has 1 N–H and O–H groups in total. The number of thiophene rings is 1. The highest BCUT2D eigenvalue weighted by atomic mass is 79.9. The molecule has 0 aliphatic heterocycles. The number of hydrogen-bond acceptors (Lipinski definition) is 2. The van der Waals surface area contributed by atoms with Crippen molar-refractivity contribution in [2.24, 2.45) is 0 Å². The maximum atomic E-state index is 5.83. The molecular weight excluding hydrogens is 270 g/mol.